The van der Waals surface area contributed by atoms with Crippen molar-refractivity contribution in [2.45, 2.75) is 27.4 Å². The Hall–Kier alpha value is -3.66. The van der Waals surface area contributed by atoms with Crippen molar-refractivity contribution in [1.29, 1.82) is 0 Å². The zero-order valence-corrected chi connectivity index (χ0v) is 22.5. The Morgan fingerprint density at radius 1 is 0.944 bits per heavy atom. The average Bonchev–Trinajstić information content (AvgIpc) is 2.80. The molecule has 0 bridgehead atoms. The van der Waals surface area contributed by atoms with Gasteiger partial charge in [-0.1, -0.05) is 35.9 Å². The molecule has 4 amide bonds. The van der Waals surface area contributed by atoms with E-state index in [-0.39, 0.29) is 5.57 Å². The molecule has 0 radical (unpaired) electrons. The van der Waals surface area contributed by atoms with Crippen LogP contribution >= 0.6 is 22.6 Å². The molecule has 1 aliphatic heterocycles. The molecule has 1 fully saturated rings. The van der Waals surface area contributed by atoms with Gasteiger partial charge < -0.3 is 9.47 Å². The molecular formula is C28H25IN2O5. The minimum atomic E-state index is -0.779. The van der Waals surface area contributed by atoms with Crippen LogP contribution in [0.15, 0.2) is 60.2 Å². The van der Waals surface area contributed by atoms with Gasteiger partial charge in [0.15, 0.2) is 11.5 Å². The number of methoxy groups -OCH3 is 1. The summed E-state index contributed by atoms with van der Waals surface area (Å²) in [5.41, 5.74) is 4.78. The number of amides is 4. The number of ether oxygens (including phenoxy) is 2. The number of imide groups is 2. The van der Waals surface area contributed by atoms with Crippen LogP contribution in [0.2, 0.25) is 0 Å². The molecule has 3 aromatic carbocycles. The maximum absolute atomic E-state index is 13.3. The largest absolute Gasteiger partial charge is 0.493 e. The Morgan fingerprint density at radius 2 is 1.67 bits per heavy atom. The SMILES string of the molecule is COc1cc(/C=C2\C(=O)NC(=O)N(c3cc(C)cc(C)c3)C2=O)cc(I)c1OCc1cccc(C)c1. The summed E-state index contributed by atoms with van der Waals surface area (Å²) in [6.07, 6.45) is 1.45. The third-order valence-electron chi connectivity index (χ3n) is 5.59. The van der Waals surface area contributed by atoms with Crippen LogP contribution in [0.1, 0.15) is 27.8 Å². The molecule has 4 rings (SSSR count). The molecule has 0 atom stereocenters. The van der Waals surface area contributed by atoms with Gasteiger partial charge in [0, 0.05) is 0 Å². The lowest BCUT2D eigenvalue weighted by atomic mass is 10.0. The highest BCUT2D eigenvalue weighted by Gasteiger charge is 2.37. The predicted octanol–water partition coefficient (Wildman–Crippen LogP) is 5.47. The van der Waals surface area contributed by atoms with E-state index in [2.05, 4.69) is 27.9 Å². The van der Waals surface area contributed by atoms with Crippen LogP contribution in [0.4, 0.5) is 10.5 Å². The summed E-state index contributed by atoms with van der Waals surface area (Å²) >= 11 is 2.13. The van der Waals surface area contributed by atoms with Crippen LogP contribution in [0.25, 0.3) is 6.08 Å². The third kappa shape index (κ3) is 5.43. The molecule has 3 aromatic rings. The Balaban J connectivity index is 1.66. The van der Waals surface area contributed by atoms with E-state index in [9.17, 15) is 14.4 Å². The molecule has 8 heteroatoms. The topological polar surface area (TPSA) is 84.9 Å². The van der Waals surface area contributed by atoms with E-state index >= 15 is 0 Å². The fourth-order valence-corrected chi connectivity index (χ4v) is 4.84. The summed E-state index contributed by atoms with van der Waals surface area (Å²) in [6, 6.07) is 16.1. The fourth-order valence-electron chi connectivity index (χ4n) is 4.06. The van der Waals surface area contributed by atoms with Gasteiger partial charge in [-0.3, -0.25) is 14.9 Å². The Bertz CT molecular complexity index is 1390. The molecule has 1 aliphatic rings. The summed E-state index contributed by atoms with van der Waals surface area (Å²) in [5.74, 6) is -0.414. The summed E-state index contributed by atoms with van der Waals surface area (Å²) in [4.78, 5) is 39.4. The minimum absolute atomic E-state index is 0.153. The van der Waals surface area contributed by atoms with Gasteiger partial charge in [-0.25, -0.2) is 9.69 Å². The van der Waals surface area contributed by atoms with Crippen molar-refractivity contribution >= 4 is 52.2 Å². The van der Waals surface area contributed by atoms with Crippen molar-refractivity contribution in [3.63, 3.8) is 0 Å². The van der Waals surface area contributed by atoms with Crippen LogP contribution in [-0.2, 0) is 16.2 Å². The first-order valence-corrected chi connectivity index (χ1v) is 12.3. The summed E-state index contributed by atoms with van der Waals surface area (Å²) in [5, 5.41) is 2.27. The average molecular weight is 596 g/mol. The number of halogens is 1. The highest BCUT2D eigenvalue weighted by atomic mass is 127. The second kappa shape index (κ2) is 10.5. The van der Waals surface area contributed by atoms with Crippen molar-refractivity contribution in [1.82, 2.24) is 5.32 Å². The minimum Gasteiger partial charge on any atom is -0.493 e. The van der Waals surface area contributed by atoms with Gasteiger partial charge in [-0.15, -0.1) is 0 Å². The molecule has 184 valence electrons. The number of hydrogen-bond acceptors (Lipinski definition) is 5. The van der Waals surface area contributed by atoms with Crippen molar-refractivity contribution < 1.29 is 23.9 Å². The molecule has 1 N–H and O–H groups in total. The zero-order valence-electron chi connectivity index (χ0n) is 20.3. The van der Waals surface area contributed by atoms with Gasteiger partial charge in [0.2, 0.25) is 0 Å². The van der Waals surface area contributed by atoms with E-state index in [1.165, 1.54) is 13.2 Å². The number of nitrogens with one attached hydrogen (secondary N) is 1. The Kier molecular flexibility index (Phi) is 7.44. The molecule has 0 saturated carbocycles. The highest BCUT2D eigenvalue weighted by molar-refractivity contribution is 14.1. The van der Waals surface area contributed by atoms with Gasteiger partial charge in [0.25, 0.3) is 11.8 Å². The van der Waals surface area contributed by atoms with Gasteiger partial charge in [-0.2, -0.15) is 0 Å². The van der Waals surface area contributed by atoms with E-state index in [0.717, 1.165) is 30.7 Å². The smallest absolute Gasteiger partial charge is 0.335 e. The lowest BCUT2D eigenvalue weighted by molar-refractivity contribution is -0.122. The first kappa shape index (κ1) is 25.4. The van der Waals surface area contributed by atoms with Crippen molar-refractivity contribution in [2.24, 2.45) is 0 Å². The van der Waals surface area contributed by atoms with Crippen molar-refractivity contribution in [3.8, 4) is 11.5 Å². The van der Waals surface area contributed by atoms with Crippen molar-refractivity contribution in [3.05, 3.63) is 91.6 Å². The Labute approximate surface area is 223 Å². The monoisotopic (exact) mass is 596 g/mol. The summed E-state index contributed by atoms with van der Waals surface area (Å²) in [7, 11) is 1.53. The number of carbonyl (C=O) groups is 3. The van der Waals surface area contributed by atoms with Gasteiger partial charge in [-0.05, 0) is 96.0 Å². The van der Waals surface area contributed by atoms with E-state index in [1.54, 1.807) is 24.3 Å². The zero-order chi connectivity index (χ0) is 26.0. The summed E-state index contributed by atoms with van der Waals surface area (Å²) in [6.45, 7) is 6.14. The molecule has 7 nitrogen and oxygen atoms in total. The number of aryl methyl sites for hydroxylation is 3. The van der Waals surface area contributed by atoms with Gasteiger partial charge in [0.05, 0.1) is 16.4 Å². The maximum Gasteiger partial charge on any atom is 0.335 e. The molecule has 1 saturated heterocycles. The number of barbiturate groups is 1. The standard InChI is InChI=1S/C28H25IN2O5/c1-16-6-5-7-19(9-16)15-36-25-23(29)13-20(14-24(25)35-4)12-22-26(32)30-28(34)31(27(22)33)21-10-17(2)8-18(3)11-21/h5-14H,15H2,1-4H3,(H,30,32,34)/b22-12+. The van der Waals surface area contributed by atoms with Gasteiger partial charge in [0.1, 0.15) is 12.2 Å². The number of benzene rings is 3. The fraction of sp³-hybridized carbons (Fsp3) is 0.179. The normalized spacial score (nSPS) is 14.8. The number of rotatable bonds is 6. The maximum atomic E-state index is 13.3. The third-order valence-corrected chi connectivity index (χ3v) is 6.40. The van der Waals surface area contributed by atoms with E-state index in [1.807, 2.05) is 51.1 Å². The molecule has 0 aromatic heterocycles. The molecule has 1 heterocycles. The first-order valence-electron chi connectivity index (χ1n) is 11.2. The lowest BCUT2D eigenvalue weighted by Crippen LogP contribution is -2.54. The highest BCUT2D eigenvalue weighted by Crippen LogP contribution is 2.35. The van der Waals surface area contributed by atoms with Crippen molar-refractivity contribution in [2.75, 3.05) is 12.0 Å². The second-order valence-corrected chi connectivity index (χ2v) is 9.78. The molecule has 0 unspecified atom stereocenters. The lowest BCUT2D eigenvalue weighted by Gasteiger charge is -2.27. The number of anilines is 1. The molecule has 0 spiro atoms. The van der Waals surface area contributed by atoms with Crippen LogP contribution in [-0.4, -0.2) is 25.0 Å². The van der Waals surface area contributed by atoms with Crippen LogP contribution in [0.3, 0.4) is 0 Å². The first-order chi connectivity index (χ1) is 17.2. The number of hydrogen-bond donors (Lipinski definition) is 1. The number of urea groups is 1. The number of nitrogens with zero attached hydrogens (tertiary/aromatic N) is 1. The number of carbonyl (C=O) groups excluding carboxylic acids is 3. The predicted molar refractivity (Wildman–Crippen MR) is 146 cm³/mol. The second-order valence-electron chi connectivity index (χ2n) is 8.62. The van der Waals surface area contributed by atoms with Crippen LogP contribution in [0, 0.1) is 24.3 Å². The van der Waals surface area contributed by atoms with E-state index < -0.39 is 17.8 Å². The van der Waals surface area contributed by atoms with E-state index in [0.29, 0.717) is 29.4 Å². The molecule has 0 aliphatic carbocycles. The van der Waals surface area contributed by atoms with Crippen LogP contribution in [0.5, 0.6) is 11.5 Å². The van der Waals surface area contributed by atoms with E-state index in [4.69, 9.17) is 9.47 Å². The quantitative estimate of drug-likeness (QED) is 0.232. The van der Waals surface area contributed by atoms with Gasteiger partial charge >= 0.3 is 6.03 Å². The summed E-state index contributed by atoms with van der Waals surface area (Å²) < 4.78 is 12.3. The van der Waals surface area contributed by atoms with Crippen LogP contribution < -0.4 is 19.7 Å². The molecule has 36 heavy (non-hydrogen) atoms. The molecular weight excluding hydrogens is 571 g/mol. The Morgan fingerprint density at radius 3 is 2.33 bits per heavy atom.